The van der Waals surface area contributed by atoms with Crippen LogP contribution in [-0.2, 0) is 0 Å². The summed E-state index contributed by atoms with van der Waals surface area (Å²) in [4.78, 5) is 23.2. The smallest absolute Gasteiger partial charge is 0.350 e. The molecule has 0 bridgehead atoms. The van der Waals surface area contributed by atoms with Crippen LogP contribution in [0.1, 0.15) is 36.4 Å². The molecule has 0 aliphatic heterocycles. The van der Waals surface area contributed by atoms with E-state index in [0.29, 0.717) is 0 Å². The van der Waals surface area contributed by atoms with Gasteiger partial charge in [0.1, 0.15) is 17.1 Å². The van der Waals surface area contributed by atoms with E-state index in [1.165, 1.54) is 13.0 Å². The molecule has 0 aliphatic rings. The second-order valence-corrected chi connectivity index (χ2v) is 4.34. The zero-order valence-electron chi connectivity index (χ0n) is 10.1. The highest BCUT2D eigenvalue weighted by Gasteiger charge is 2.22. The highest BCUT2D eigenvalue weighted by Crippen LogP contribution is 2.18. The first-order valence-electron chi connectivity index (χ1n) is 5.38. The highest BCUT2D eigenvalue weighted by atomic mass is 16.4. The summed E-state index contributed by atoms with van der Waals surface area (Å²) in [6.07, 6.45) is -1.05. The van der Waals surface area contributed by atoms with Crippen LogP contribution >= 0.6 is 0 Å². The lowest BCUT2D eigenvalue weighted by Crippen LogP contribution is -2.23. The van der Waals surface area contributed by atoms with Crippen molar-refractivity contribution >= 4 is 5.78 Å². The number of carbonyl (C=O) groups excluding carboxylic acids is 1. The summed E-state index contributed by atoms with van der Waals surface area (Å²) >= 11 is 0. The Morgan fingerprint density at radius 1 is 1.47 bits per heavy atom. The SMILES string of the molecule is Cc1cc(O)c(C(=O)CC(O)C(C)C)c(=O)o1. The molecule has 5 heteroatoms. The normalized spacial score (nSPS) is 12.8. The van der Waals surface area contributed by atoms with E-state index in [1.807, 2.05) is 0 Å². The zero-order valence-corrected chi connectivity index (χ0v) is 10.1. The van der Waals surface area contributed by atoms with Gasteiger partial charge in [0.15, 0.2) is 5.78 Å². The van der Waals surface area contributed by atoms with E-state index in [4.69, 9.17) is 4.42 Å². The standard InChI is InChI=1S/C12H16O5/c1-6(2)8(13)5-10(15)11-9(14)4-7(3)17-12(11)16/h4,6,8,13-14H,5H2,1-3H3. The molecule has 94 valence electrons. The van der Waals surface area contributed by atoms with Crippen LogP contribution in [0.15, 0.2) is 15.3 Å². The van der Waals surface area contributed by atoms with E-state index in [9.17, 15) is 19.8 Å². The van der Waals surface area contributed by atoms with Crippen molar-refractivity contribution in [3.05, 3.63) is 27.8 Å². The lowest BCUT2D eigenvalue weighted by molar-refractivity contribution is 0.0784. The summed E-state index contributed by atoms with van der Waals surface area (Å²) in [5, 5.41) is 19.1. The number of Topliss-reactive ketones (excluding diaryl/α,β-unsaturated/α-hetero) is 1. The van der Waals surface area contributed by atoms with Crippen LogP contribution in [0.4, 0.5) is 0 Å². The number of aliphatic hydroxyl groups excluding tert-OH is 1. The van der Waals surface area contributed by atoms with Crippen molar-refractivity contribution in [2.75, 3.05) is 0 Å². The number of rotatable bonds is 4. The molecule has 0 saturated heterocycles. The summed E-state index contributed by atoms with van der Waals surface area (Å²) in [5.41, 5.74) is -1.27. The molecule has 5 nitrogen and oxygen atoms in total. The molecule has 1 aromatic rings. The maximum atomic E-state index is 11.7. The summed E-state index contributed by atoms with van der Waals surface area (Å²) in [6, 6.07) is 1.20. The first kappa shape index (κ1) is 13.4. The molecule has 1 aromatic heterocycles. The third-order valence-electron chi connectivity index (χ3n) is 2.50. The summed E-state index contributed by atoms with van der Waals surface area (Å²) < 4.78 is 4.73. The topological polar surface area (TPSA) is 87.7 Å². The van der Waals surface area contributed by atoms with Gasteiger partial charge < -0.3 is 14.6 Å². The van der Waals surface area contributed by atoms with Crippen LogP contribution in [0, 0.1) is 12.8 Å². The third kappa shape index (κ3) is 3.17. The minimum absolute atomic E-state index is 0.0985. The van der Waals surface area contributed by atoms with E-state index < -0.39 is 28.8 Å². The predicted octanol–water partition coefficient (Wildman–Crippen LogP) is 1.24. The van der Waals surface area contributed by atoms with Gasteiger partial charge in [-0.2, -0.15) is 0 Å². The van der Waals surface area contributed by atoms with Gasteiger partial charge in [-0.3, -0.25) is 4.79 Å². The Labute approximate surface area is 98.7 Å². The maximum Gasteiger partial charge on any atom is 0.350 e. The molecule has 0 radical (unpaired) electrons. The number of hydrogen-bond donors (Lipinski definition) is 2. The lowest BCUT2D eigenvalue weighted by atomic mass is 9.99. The van der Waals surface area contributed by atoms with Gasteiger partial charge in [0, 0.05) is 12.5 Å². The van der Waals surface area contributed by atoms with Crippen molar-refractivity contribution < 1.29 is 19.4 Å². The quantitative estimate of drug-likeness (QED) is 0.773. The summed E-state index contributed by atoms with van der Waals surface area (Å²) in [7, 11) is 0. The second-order valence-electron chi connectivity index (χ2n) is 4.34. The molecule has 1 unspecified atom stereocenters. The van der Waals surface area contributed by atoms with Gasteiger partial charge in [-0.25, -0.2) is 4.79 Å². The van der Waals surface area contributed by atoms with Gasteiger partial charge >= 0.3 is 5.63 Å². The minimum atomic E-state index is -0.872. The van der Waals surface area contributed by atoms with Gasteiger partial charge in [0.05, 0.1) is 6.10 Å². The summed E-state index contributed by atoms with van der Waals surface area (Å²) in [6.45, 7) is 5.02. The number of aliphatic hydroxyl groups is 1. The fourth-order valence-electron chi connectivity index (χ4n) is 1.38. The molecular formula is C12H16O5. The van der Waals surface area contributed by atoms with E-state index >= 15 is 0 Å². The molecule has 0 fully saturated rings. The molecule has 0 aromatic carbocycles. The maximum absolute atomic E-state index is 11.7. The summed E-state index contributed by atoms with van der Waals surface area (Å²) in [5.74, 6) is -0.885. The van der Waals surface area contributed by atoms with Crippen LogP contribution < -0.4 is 5.63 Å². The Morgan fingerprint density at radius 3 is 2.53 bits per heavy atom. The molecule has 1 rings (SSSR count). The van der Waals surface area contributed by atoms with Crippen molar-refractivity contribution in [2.45, 2.75) is 33.3 Å². The Balaban J connectivity index is 3.02. The van der Waals surface area contributed by atoms with Crippen molar-refractivity contribution in [2.24, 2.45) is 5.92 Å². The van der Waals surface area contributed by atoms with Gasteiger partial charge in [0.2, 0.25) is 0 Å². The van der Waals surface area contributed by atoms with Gasteiger partial charge in [-0.1, -0.05) is 13.8 Å². The number of hydrogen-bond acceptors (Lipinski definition) is 5. The Bertz CT molecular complexity index is 472. The van der Waals surface area contributed by atoms with E-state index in [-0.39, 0.29) is 18.1 Å². The Kier molecular flexibility index (Phi) is 4.07. The highest BCUT2D eigenvalue weighted by molar-refractivity contribution is 5.98. The number of aryl methyl sites for hydroxylation is 1. The molecule has 0 amide bonds. The molecule has 17 heavy (non-hydrogen) atoms. The minimum Gasteiger partial charge on any atom is -0.507 e. The van der Waals surface area contributed by atoms with E-state index in [1.54, 1.807) is 13.8 Å². The molecule has 0 saturated carbocycles. The molecule has 0 spiro atoms. The number of carbonyl (C=O) groups is 1. The second kappa shape index (κ2) is 5.14. The van der Waals surface area contributed by atoms with Gasteiger partial charge in [0.25, 0.3) is 0 Å². The predicted molar refractivity (Wildman–Crippen MR) is 61.2 cm³/mol. The third-order valence-corrected chi connectivity index (χ3v) is 2.50. The van der Waals surface area contributed by atoms with Crippen molar-refractivity contribution in [3.63, 3.8) is 0 Å². The zero-order chi connectivity index (χ0) is 13.2. The average molecular weight is 240 g/mol. The first-order valence-corrected chi connectivity index (χ1v) is 5.38. The molecule has 1 heterocycles. The monoisotopic (exact) mass is 240 g/mol. The fourth-order valence-corrected chi connectivity index (χ4v) is 1.38. The van der Waals surface area contributed by atoms with Crippen LogP contribution in [0.2, 0.25) is 0 Å². The number of aromatic hydroxyl groups is 1. The molecule has 1 atom stereocenters. The Hall–Kier alpha value is -1.62. The van der Waals surface area contributed by atoms with Crippen LogP contribution in [0.3, 0.4) is 0 Å². The van der Waals surface area contributed by atoms with Crippen molar-refractivity contribution in [1.82, 2.24) is 0 Å². The first-order chi connectivity index (χ1) is 7.82. The molecular weight excluding hydrogens is 224 g/mol. The van der Waals surface area contributed by atoms with Crippen LogP contribution in [0.5, 0.6) is 5.75 Å². The fraction of sp³-hybridized carbons (Fsp3) is 0.500. The molecule has 2 N–H and O–H groups in total. The Morgan fingerprint density at radius 2 is 2.06 bits per heavy atom. The molecule has 0 aliphatic carbocycles. The van der Waals surface area contributed by atoms with E-state index in [0.717, 1.165) is 0 Å². The van der Waals surface area contributed by atoms with Crippen LogP contribution in [0.25, 0.3) is 0 Å². The van der Waals surface area contributed by atoms with Crippen molar-refractivity contribution in [3.8, 4) is 5.75 Å². The van der Waals surface area contributed by atoms with E-state index in [2.05, 4.69) is 0 Å². The number of ketones is 1. The largest absolute Gasteiger partial charge is 0.507 e. The lowest BCUT2D eigenvalue weighted by Gasteiger charge is -2.13. The average Bonchev–Trinajstić information content (AvgIpc) is 2.15. The van der Waals surface area contributed by atoms with Gasteiger partial charge in [-0.15, -0.1) is 0 Å². The van der Waals surface area contributed by atoms with Crippen molar-refractivity contribution in [1.29, 1.82) is 0 Å². The van der Waals surface area contributed by atoms with Gasteiger partial charge in [-0.05, 0) is 12.8 Å². The van der Waals surface area contributed by atoms with Crippen LogP contribution in [-0.4, -0.2) is 22.1 Å².